The molecule has 1 aromatic heterocycles. The second-order valence-corrected chi connectivity index (χ2v) is 10.2. The zero-order chi connectivity index (χ0) is 27.3. The first-order valence-electron chi connectivity index (χ1n) is 13.3. The average Bonchev–Trinajstić information content (AvgIpc) is 3.46. The first-order valence-corrected chi connectivity index (χ1v) is 13.6. The summed E-state index contributed by atoms with van der Waals surface area (Å²) in [4.78, 5) is 6.55. The Bertz CT molecular complexity index is 1050. The molecule has 5 nitrogen and oxygen atoms in total. The first kappa shape index (κ1) is 30.5. The molecule has 2 aromatic carbocycles. The van der Waals surface area contributed by atoms with Crippen LogP contribution in [0.15, 0.2) is 60.8 Å². The summed E-state index contributed by atoms with van der Waals surface area (Å²) in [6.07, 6.45) is 5.51. The van der Waals surface area contributed by atoms with Crippen molar-refractivity contribution in [1.82, 2.24) is 9.88 Å². The largest absolute Gasteiger partial charge is 0.497 e. The highest BCUT2D eigenvalue weighted by Crippen LogP contribution is 2.31. The average molecular weight is 525 g/mol. The second kappa shape index (κ2) is 15.5. The van der Waals surface area contributed by atoms with Gasteiger partial charge in [0.1, 0.15) is 11.6 Å². The smallest absolute Gasteiger partial charge is 0.125 e. The van der Waals surface area contributed by atoms with Gasteiger partial charge in [-0.05, 0) is 93.7 Å². The molecule has 0 atom stereocenters. The molecule has 2 N–H and O–H groups in total. The van der Waals surface area contributed by atoms with Crippen molar-refractivity contribution in [3.05, 3.63) is 82.5 Å². The third kappa shape index (κ3) is 9.56. The monoisotopic (exact) mass is 524 g/mol. The summed E-state index contributed by atoms with van der Waals surface area (Å²) >= 11 is 5.58. The molecule has 1 aliphatic heterocycles. The van der Waals surface area contributed by atoms with Gasteiger partial charge in [0.2, 0.25) is 0 Å². The van der Waals surface area contributed by atoms with Crippen molar-refractivity contribution < 1.29 is 4.74 Å². The normalized spacial score (nSPS) is 13.1. The van der Waals surface area contributed by atoms with Gasteiger partial charge in [-0.25, -0.2) is 4.98 Å². The van der Waals surface area contributed by atoms with Crippen LogP contribution in [0.1, 0.15) is 63.6 Å². The molecule has 0 radical (unpaired) electrons. The SMILES string of the molecule is CCC.CNc1ccc(Cl)cn1.COc1ccc(NCc2ccc(C(C)(C)N3CCCC3)cc2)c(C)c1. The minimum absolute atomic E-state index is 0.120. The fourth-order valence-electron chi connectivity index (χ4n) is 4.17. The van der Waals surface area contributed by atoms with Crippen LogP contribution in [0.25, 0.3) is 0 Å². The maximum absolute atomic E-state index is 5.58. The van der Waals surface area contributed by atoms with Crippen LogP contribution < -0.4 is 15.4 Å². The minimum atomic E-state index is 0.120. The van der Waals surface area contributed by atoms with E-state index in [1.54, 1.807) is 19.4 Å². The third-order valence-corrected chi connectivity index (χ3v) is 6.68. The van der Waals surface area contributed by atoms with E-state index >= 15 is 0 Å². The number of methoxy groups -OCH3 is 1. The van der Waals surface area contributed by atoms with Crippen molar-refractivity contribution in [3.8, 4) is 5.75 Å². The van der Waals surface area contributed by atoms with E-state index in [9.17, 15) is 0 Å². The summed E-state index contributed by atoms with van der Waals surface area (Å²) in [5.74, 6) is 1.73. The Labute approximate surface area is 229 Å². The standard InChI is InChI=1S/C22H30N2O.C6H7ClN2.C3H8/c1-17-15-20(25-4)11-12-21(17)23-16-18-7-9-19(10-8-18)22(2,3)24-13-5-6-14-24;1-8-6-3-2-5(7)4-9-6;1-3-2/h7-12,15,23H,5-6,13-14,16H2,1-4H3;2-4H,1H3,(H,8,9);3H2,1-2H3. The molecule has 1 fully saturated rings. The van der Waals surface area contributed by atoms with Crippen LogP contribution >= 0.6 is 11.6 Å². The molecule has 0 unspecified atom stereocenters. The lowest BCUT2D eigenvalue weighted by molar-refractivity contribution is 0.155. The van der Waals surface area contributed by atoms with Crippen molar-refractivity contribution >= 4 is 23.1 Å². The first-order chi connectivity index (χ1) is 17.7. The number of hydrogen-bond acceptors (Lipinski definition) is 5. The summed E-state index contributed by atoms with van der Waals surface area (Å²) in [6, 6.07) is 18.8. The maximum Gasteiger partial charge on any atom is 0.125 e. The molecule has 3 aromatic rings. The molecular weight excluding hydrogens is 480 g/mol. The number of anilines is 2. The fourth-order valence-corrected chi connectivity index (χ4v) is 4.28. The Morgan fingerprint density at radius 1 is 1.00 bits per heavy atom. The minimum Gasteiger partial charge on any atom is -0.497 e. The molecule has 202 valence electrons. The molecule has 4 rings (SSSR count). The Kier molecular flexibility index (Phi) is 12.7. The Balaban J connectivity index is 0.000000333. The summed E-state index contributed by atoms with van der Waals surface area (Å²) in [5, 5.41) is 7.07. The quantitative estimate of drug-likeness (QED) is 0.326. The lowest BCUT2D eigenvalue weighted by Crippen LogP contribution is -2.39. The van der Waals surface area contributed by atoms with E-state index in [4.69, 9.17) is 16.3 Å². The third-order valence-electron chi connectivity index (χ3n) is 6.46. The van der Waals surface area contributed by atoms with E-state index in [2.05, 4.69) is 91.5 Å². The lowest BCUT2D eigenvalue weighted by Gasteiger charge is -2.36. The van der Waals surface area contributed by atoms with Gasteiger partial charge in [0.05, 0.1) is 12.1 Å². The lowest BCUT2D eigenvalue weighted by atomic mass is 9.92. The summed E-state index contributed by atoms with van der Waals surface area (Å²) in [5.41, 5.74) is 5.18. The molecular formula is C31H45ClN4O. The van der Waals surface area contributed by atoms with Gasteiger partial charge in [0, 0.05) is 31.0 Å². The molecule has 1 aliphatic rings. The van der Waals surface area contributed by atoms with Crippen LogP contribution in [-0.2, 0) is 12.1 Å². The number of rotatable bonds is 7. The number of ether oxygens (including phenoxy) is 1. The van der Waals surface area contributed by atoms with Gasteiger partial charge in [-0.3, -0.25) is 4.90 Å². The molecule has 0 saturated carbocycles. The van der Waals surface area contributed by atoms with E-state index in [0.29, 0.717) is 5.02 Å². The van der Waals surface area contributed by atoms with Gasteiger partial charge >= 0.3 is 0 Å². The van der Waals surface area contributed by atoms with Crippen molar-refractivity contribution in [2.24, 2.45) is 0 Å². The van der Waals surface area contributed by atoms with E-state index in [-0.39, 0.29) is 5.54 Å². The van der Waals surface area contributed by atoms with Crippen LogP contribution in [-0.4, -0.2) is 37.1 Å². The molecule has 2 heterocycles. The Morgan fingerprint density at radius 3 is 2.16 bits per heavy atom. The molecule has 0 amide bonds. The molecule has 6 heteroatoms. The van der Waals surface area contributed by atoms with E-state index in [1.807, 2.05) is 19.2 Å². The zero-order valence-electron chi connectivity index (χ0n) is 23.7. The van der Waals surface area contributed by atoms with Crippen molar-refractivity contribution in [2.45, 2.75) is 66.0 Å². The van der Waals surface area contributed by atoms with Crippen LogP contribution in [0.5, 0.6) is 5.75 Å². The van der Waals surface area contributed by atoms with Gasteiger partial charge in [-0.15, -0.1) is 0 Å². The van der Waals surface area contributed by atoms with Gasteiger partial charge < -0.3 is 15.4 Å². The van der Waals surface area contributed by atoms with E-state index in [1.165, 1.54) is 49.0 Å². The van der Waals surface area contributed by atoms with Crippen LogP contribution in [0.2, 0.25) is 5.02 Å². The van der Waals surface area contributed by atoms with Crippen molar-refractivity contribution in [1.29, 1.82) is 0 Å². The molecule has 0 bridgehead atoms. The Hall–Kier alpha value is -2.76. The molecule has 1 saturated heterocycles. The van der Waals surface area contributed by atoms with Crippen LogP contribution in [0, 0.1) is 6.92 Å². The highest BCUT2D eigenvalue weighted by atomic mass is 35.5. The van der Waals surface area contributed by atoms with Gasteiger partial charge in [0.25, 0.3) is 0 Å². The van der Waals surface area contributed by atoms with Crippen LogP contribution in [0.4, 0.5) is 11.5 Å². The van der Waals surface area contributed by atoms with Crippen molar-refractivity contribution in [3.63, 3.8) is 0 Å². The maximum atomic E-state index is 5.58. The van der Waals surface area contributed by atoms with Gasteiger partial charge in [-0.1, -0.05) is 56.1 Å². The van der Waals surface area contributed by atoms with Crippen LogP contribution in [0.3, 0.4) is 0 Å². The van der Waals surface area contributed by atoms with Gasteiger partial charge in [-0.2, -0.15) is 0 Å². The number of halogens is 1. The Morgan fingerprint density at radius 2 is 1.65 bits per heavy atom. The summed E-state index contributed by atoms with van der Waals surface area (Å²) < 4.78 is 5.27. The second-order valence-electron chi connectivity index (χ2n) is 9.80. The number of pyridine rings is 1. The van der Waals surface area contributed by atoms with E-state index in [0.717, 1.165) is 23.8 Å². The highest BCUT2D eigenvalue weighted by molar-refractivity contribution is 6.30. The predicted octanol–water partition coefficient (Wildman–Crippen LogP) is 8.14. The summed E-state index contributed by atoms with van der Waals surface area (Å²) in [7, 11) is 3.52. The number of benzene rings is 2. The number of nitrogens with zero attached hydrogens (tertiary/aromatic N) is 2. The van der Waals surface area contributed by atoms with Crippen molar-refractivity contribution in [2.75, 3.05) is 37.9 Å². The number of nitrogens with one attached hydrogen (secondary N) is 2. The summed E-state index contributed by atoms with van der Waals surface area (Å²) in [6.45, 7) is 14.3. The highest BCUT2D eigenvalue weighted by Gasteiger charge is 2.30. The zero-order valence-corrected chi connectivity index (χ0v) is 24.5. The molecule has 37 heavy (non-hydrogen) atoms. The number of likely N-dealkylation sites (tertiary alicyclic amines) is 1. The molecule has 0 aliphatic carbocycles. The fraction of sp³-hybridized carbons (Fsp3) is 0.452. The topological polar surface area (TPSA) is 49.4 Å². The predicted molar refractivity (Wildman–Crippen MR) is 160 cm³/mol. The van der Waals surface area contributed by atoms with Gasteiger partial charge in [0.15, 0.2) is 0 Å². The van der Waals surface area contributed by atoms with E-state index < -0.39 is 0 Å². The number of aryl methyl sites for hydroxylation is 1. The number of hydrogen-bond donors (Lipinski definition) is 2. The molecule has 0 spiro atoms. The number of aromatic nitrogens is 1.